The van der Waals surface area contributed by atoms with Gasteiger partial charge in [0.25, 0.3) is 0 Å². The topological polar surface area (TPSA) is 41.1 Å². The maximum absolute atomic E-state index is 12.1. The number of nitrogens with one attached hydrogen (secondary N) is 2. The van der Waals surface area contributed by atoms with Crippen molar-refractivity contribution in [1.29, 1.82) is 0 Å². The second-order valence-corrected chi connectivity index (χ2v) is 6.30. The lowest BCUT2D eigenvalue weighted by molar-refractivity contribution is -0.123. The van der Waals surface area contributed by atoms with Crippen LogP contribution in [0.25, 0.3) is 0 Å². The molecule has 0 heterocycles. The zero-order valence-corrected chi connectivity index (χ0v) is 13.0. The highest BCUT2D eigenvalue weighted by molar-refractivity contribution is 7.99. The molecule has 0 aromatic carbocycles. The normalized spacial score (nSPS) is 25.4. The van der Waals surface area contributed by atoms with Crippen LogP contribution >= 0.6 is 11.8 Å². The molecule has 0 radical (unpaired) electrons. The number of amides is 1. The molecule has 1 aliphatic carbocycles. The van der Waals surface area contributed by atoms with E-state index in [1.807, 2.05) is 18.7 Å². The predicted octanol–water partition coefficient (Wildman–Crippen LogP) is 2.55. The zero-order valence-electron chi connectivity index (χ0n) is 12.2. The van der Waals surface area contributed by atoms with Gasteiger partial charge in [-0.2, -0.15) is 11.8 Å². The molecule has 0 aromatic heterocycles. The molecule has 18 heavy (non-hydrogen) atoms. The van der Waals surface area contributed by atoms with Gasteiger partial charge in [-0.15, -0.1) is 0 Å². The minimum atomic E-state index is -0.0802. The maximum Gasteiger partial charge on any atom is 0.237 e. The summed E-state index contributed by atoms with van der Waals surface area (Å²) in [6.45, 7) is 6.22. The van der Waals surface area contributed by atoms with Crippen LogP contribution in [0.5, 0.6) is 0 Å². The predicted molar refractivity (Wildman–Crippen MR) is 80.1 cm³/mol. The first kappa shape index (κ1) is 15.8. The van der Waals surface area contributed by atoms with Gasteiger partial charge in [-0.3, -0.25) is 4.79 Å². The second-order valence-electron chi connectivity index (χ2n) is 5.22. The summed E-state index contributed by atoms with van der Waals surface area (Å²) in [5.74, 6) is 0.149. The van der Waals surface area contributed by atoms with Crippen LogP contribution < -0.4 is 10.6 Å². The monoisotopic (exact) mass is 272 g/mol. The quantitative estimate of drug-likeness (QED) is 0.748. The van der Waals surface area contributed by atoms with E-state index in [2.05, 4.69) is 30.7 Å². The average molecular weight is 272 g/mol. The van der Waals surface area contributed by atoms with Gasteiger partial charge in [0, 0.05) is 17.3 Å². The molecule has 1 aliphatic rings. The highest BCUT2D eigenvalue weighted by Gasteiger charge is 2.29. The van der Waals surface area contributed by atoms with E-state index in [1.165, 1.54) is 19.3 Å². The number of thioether (sulfide) groups is 1. The van der Waals surface area contributed by atoms with Gasteiger partial charge in [0.2, 0.25) is 5.91 Å². The molecule has 3 nitrogen and oxygen atoms in total. The number of rotatable bonds is 7. The van der Waals surface area contributed by atoms with E-state index >= 15 is 0 Å². The van der Waals surface area contributed by atoms with Gasteiger partial charge in [-0.25, -0.2) is 0 Å². The summed E-state index contributed by atoms with van der Waals surface area (Å²) in [6, 6.07) is 0.743. The zero-order chi connectivity index (χ0) is 13.5. The Morgan fingerprint density at radius 1 is 1.33 bits per heavy atom. The fourth-order valence-corrected chi connectivity index (χ4v) is 3.56. The standard InChI is InChI=1S/C14H28N2OS/c1-5-11(6-2)16-14(17)10(3)15-12-8-7-9-13(12)18-4/h10-13,15H,5-9H2,1-4H3,(H,16,17). The first-order valence-electron chi connectivity index (χ1n) is 7.21. The molecule has 0 saturated heterocycles. The molecule has 2 N–H and O–H groups in total. The Balaban J connectivity index is 2.39. The van der Waals surface area contributed by atoms with Crippen molar-refractivity contribution in [3.63, 3.8) is 0 Å². The minimum Gasteiger partial charge on any atom is -0.352 e. The van der Waals surface area contributed by atoms with Crippen LogP contribution in [-0.2, 0) is 4.79 Å². The Morgan fingerprint density at radius 2 is 2.00 bits per heavy atom. The Hall–Kier alpha value is -0.220. The Morgan fingerprint density at radius 3 is 2.56 bits per heavy atom. The van der Waals surface area contributed by atoms with Crippen LogP contribution in [0.3, 0.4) is 0 Å². The van der Waals surface area contributed by atoms with E-state index in [0.717, 1.165) is 12.8 Å². The Labute approximate surface area is 116 Å². The molecule has 3 atom stereocenters. The van der Waals surface area contributed by atoms with Crippen LogP contribution in [0.15, 0.2) is 0 Å². The van der Waals surface area contributed by atoms with E-state index in [1.54, 1.807) is 0 Å². The highest BCUT2D eigenvalue weighted by atomic mass is 32.2. The fourth-order valence-electron chi connectivity index (χ4n) is 2.61. The molecule has 0 bridgehead atoms. The van der Waals surface area contributed by atoms with E-state index in [-0.39, 0.29) is 11.9 Å². The lowest BCUT2D eigenvalue weighted by Crippen LogP contribution is -2.50. The lowest BCUT2D eigenvalue weighted by Gasteiger charge is -2.25. The Kier molecular flexibility index (Phi) is 7.08. The average Bonchev–Trinajstić information content (AvgIpc) is 2.82. The molecule has 1 amide bonds. The van der Waals surface area contributed by atoms with Crippen molar-refractivity contribution in [2.75, 3.05) is 6.26 Å². The third-order valence-electron chi connectivity index (χ3n) is 3.94. The fraction of sp³-hybridized carbons (Fsp3) is 0.929. The Bertz CT molecular complexity index is 256. The van der Waals surface area contributed by atoms with Crippen molar-refractivity contribution in [1.82, 2.24) is 10.6 Å². The smallest absolute Gasteiger partial charge is 0.237 e. The molecule has 1 fully saturated rings. The third kappa shape index (κ3) is 4.47. The summed E-state index contributed by atoms with van der Waals surface area (Å²) >= 11 is 1.92. The van der Waals surface area contributed by atoms with Gasteiger partial charge in [0.05, 0.1) is 6.04 Å². The van der Waals surface area contributed by atoms with Crippen LogP contribution in [0, 0.1) is 0 Å². The third-order valence-corrected chi connectivity index (χ3v) is 5.11. The maximum atomic E-state index is 12.1. The van der Waals surface area contributed by atoms with Gasteiger partial charge < -0.3 is 10.6 Å². The van der Waals surface area contributed by atoms with Crippen LogP contribution in [-0.4, -0.2) is 35.5 Å². The molecule has 0 aromatic rings. The van der Waals surface area contributed by atoms with Crippen LogP contribution in [0.2, 0.25) is 0 Å². The summed E-state index contributed by atoms with van der Waals surface area (Å²) in [6.07, 6.45) is 7.94. The molecule has 0 aliphatic heterocycles. The summed E-state index contributed by atoms with van der Waals surface area (Å²) < 4.78 is 0. The van der Waals surface area contributed by atoms with Crippen LogP contribution in [0.4, 0.5) is 0 Å². The van der Waals surface area contributed by atoms with Crippen molar-refractivity contribution in [3.05, 3.63) is 0 Å². The van der Waals surface area contributed by atoms with E-state index in [0.29, 0.717) is 17.3 Å². The van der Waals surface area contributed by atoms with Crippen LogP contribution in [0.1, 0.15) is 52.9 Å². The van der Waals surface area contributed by atoms with Crippen molar-refractivity contribution >= 4 is 17.7 Å². The van der Waals surface area contributed by atoms with Crippen molar-refractivity contribution in [2.45, 2.75) is 76.3 Å². The highest BCUT2D eigenvalue weighted by Crippen LogP contribution is 2.28. The number of hydrogen-bond acceptors (Lipinski definition) is 3. The molecule has 3 unspecified atom stereocenters. The van der Waals surface area contributed by atoms with Gasteiger partial charge in [0.15, 0.2) is 0 Å². The number of hydrogen-bond donors (Lipinski definition) is 2. The lowest BCUT2D eigenvalue weighted by atomic mass is 10.1. The molecule has 4 heteroatoms. The van der Waals surface area contributed by atoms with Crippen molar-refractivity contribution in [3.8, 4) is 0 Å². The molecule has 1 saturated carbocycles. The van der Waals surface area contributed by atoms with E-state index < -0.39 is 0 Å². The summed E-state index contributed by atoms with van der Waals surface area (Å²) in [5.41, 5.74) is 0. The minimum absolute atomic E-state index is 0.0802. The largest absolute Gasteiger partial charge is 0.352 e. The summed E-state index contributed by atoms with van der Waals surface area (Å²) in [5, 5.41) is 7.29. The van der Waals surface area contributed by atoms with Crippen molar-refractivity contribution < 1.29 is 4.79 Å². The molecular formula is C14H28N2OS. The van der Waals surface area contributed by atoms with E-state index in [9.17, 15) is 4.79 Å². The molecular weight excluding hydrogens is 244 g/mol. The van der Waals surface area contributed by atoms with Gasteiger partial charge >= 0.3 is 0 Å². The summed E-state index contributed by atoms with van der Waals surface area (Å²) in [7, 11) is 0. The molecule has 106 valence electrons. The summed E-state index contributed by atoms with van der Waals surface area (Å²) in [4.78, 5) is 12.1. The SMILES string of the molecule is CCC(CC)NC(=O)C(C)NC1CCCC1SC. The van der Waals surface area contributed by atoms with Gasteiger partial charge in [-0.05, 0) is 38.9 Å². The van der Waals surface area contributed by atoms with Gasteiger partial charge in [-0.1, -0.05) is 20.3 Å². The van der Waals surface area contributed by atoms with E-state index in [4.69, 9.17) is 0 Å². The molecule has 0 spiro atoms. The number of carbonyl (C=O) groups is 1. The first-order valence-corrected chi connectivity index (χ1v) is 8.50. The van der Waals surface area contributed by atoms with Crippen molar-refractivity contribution in [2.24, 2.45) is 0 Å². The second kappa shape index (κ2) is 8.05. The van der Waals surface area contributed by atoms with Gasteiger partial charge in [0.1, 0.15) is 0 Å². The molecule has 1 rings (SSSR count). The number of carbonyl (C=O) groups excluding carboxylic acids is 1. The first-order chi connectivity index (χ1) is 8.62.